The molecule has 346 valence electrons. The summed E-state index contributed by atoms with van der Waals surface area (Å²) in [5, 5.41) is 2.87. The minimum Gasteiger partial charge on any atom is -0.465 e. The zero-order valence-electron chi connectivity index (χ0n) is 37.0. The van der Waals surface area contributed by atoms with Crippen LogP contribution in [-0.2, 0) is 75.9 Å². The van der Waals surface area contributed by atoms with E-state index in [1.165, 1.54) is 49.8 Å². The van der Waals surface area contributed by atoms with Gasteiger partial charge in [0.05, 0.1) is 31.8 Å². The van der Waals surface area contributed by atoms with Crippen LogP contribution in [0, 0.1) is 0 Å². The second-order valence-electron chi connectivity index (χ2n) is 15.7. The molecule has 1 aliphatic carbocycles. The maximum Gasteiger partial charge on any atom is 0.306 e. The maximum absolute atomic E-state index is 13.4. The second-order valence-corrected chi connectivity index (χ2v) is 15.7. The number of benzene rings is 2. The molecule has 15 atom stereocenters. The lowest BCUT2D eigenvalue weighted by atomic mass is 9.95. The zero-order valence-corrected chi connectivity index (χ0v) is 37.0. The van der Waals surface area contributed by atoms with Crippen molar-refractivity contribution in [3.8, 4) is 11.1 Å². The van der Waals surface area contributed by atoms with Gasteiger partial charge in [-0.05, 0) is 29.2 Å². The van der Waals surface area contributed by atoms with Crippen molar-refractivity contribution < 1.29 is 75.9 Å². The van der Waals surface area contributed by atoms with Crippen molar-refractivity contribution in [2.45, 2.75) is 118 Å². The summed E-state index contributed by atoms with van der Waals surface area (Å²) in [6.07, 6.45) is -11.5. The van der Waals surface area contributed by atoms with Gasteiger partial charge < -0.3 is 77.4 Å². The zero-order chi connectivity index (χ0) is 44.5. The number of hydrogen-bond acceptors (Lipinski definition) is 17. The predicted octanol–water partition coefficient (Wildman–Crippen LogP) is 1.91. The number of carbonyl (C=O) groups is 2. The summed E-state index contributed by atoms with van der Waals surface area (Å²) in [5.74, 6) is -1.04. The van der Waals surface area contributed by atoms with Gasteiger partial charge in [0.2, 0.25) is 5.91 Å². The topological polar surface area (TPSA) is 201 Å². The molecule has 0 aromatic heterocycles. The van der Waals surface area contributed by atoms with Gasteiger partial charge in [-0.2, -0.15) is 0 Å². The van der Waals surface area contributed by atoms with Gasteiger partial charge in [-0.1, -0.05) is 48.5 Å². The third-order valence-corrected chi connectivity index (χ3v) is 12.2. The van der Waals surface area contributed by atoms with Crippen LogP contribution >= 0.6 is 0 Å². The van der Waals surface area contributed by atoms with Crippen LogP contribution < -0.4 is 11.1 Å². The number of rotatable bonds is 20. The number of carbonyl (C=O) groups excluding carboxylic acids is 2. The van der Waals surface area contributed by atoms with E-state index in [1.54, 1.807) is 7.11 Å². The first kappa shape index (κ1) is 48.3. The molecule has 62 heavy (non-hydrogen) atoms. The van der Waals surface area contributed by atoms with Crippen LogP contribution in [0.5, 0.6) is 0 Å². The molecule has 0 spiro atoms. The second kappa shape index (κ2) is 22.6. The van der Waals surface area contributed by atoms with Gasteiger partial charge in [0.15, 0.2) is 18.8 Å². The molecule has 3 heterocycles. The maximum atomic E-state index is 13.4. The number of fused-ring (bicyclic) bond motifs is 3. The van der Waals surface area contributed by atoms with Crippen molar-refractivity contribution >= 4 is 11.9 Å². The molecule has 0 radical (unpaired) electrons. The fraction of sp³-hybridized carbons (Fsp3) is 0.682. The van der Waals surface area contributed by atoms with Crippen LogP contribution in [0.4, 0.5) is 0 Å². The molecule has 1 amide bonds. The lowest BCUT2D eigenvalue weighted by Crippen LogP contribution is -2.68. The van der Waals surface area contributed by atoms with Gasteiger partial charge in [-0.25, -0.2) is 0 Å². The van der Waals surface area contributed by atoms with Gasteiger partial charge >= 0.3 is 5.97 Å². The number of amides is 1. The average molecular weight is 877 g/mol. The third kappa shape index (κ3) is 10.3. The normalized spacial score (nSPS) is 34.6. The molecule has 3 fully saturated rings. The van der Waals surface area contributed by atoms with Crippen molar-refractivity contribution in [1.29, 1.82) is 0 Å². The lowest BCUT2D eigenvalue weighted by Gasteiger charge is -2.51. The SMILES string of the molecule is COCC1OC(NC(=O)CCC(=O)OCC2c3ccccc3-c3ccccc32)C(OC)[C@H](OC)[C@H]1O[C@@H]1OC(COC)[C@H](O[C@@H]2OC(C)[C@@H](N)[C@@H](OC)C2OC)[C@@H](OC)C1OC. The van der Waals surface area contributed by atoms with E-state index >= 15 is 0 Å². The molecule has 7 unspecified atom stereocenters. The number of hydrogen-bond donors (Lipinski definition) is 2. The summed E-state index contributed by atoms with van der Waals surface area (Å²) < 4.78 is 84.8. The van der Waals surface area contributed by atoms with E-state index in [2.05, 4.69) is 29.6 Å². The van der Waals surface area contributed by atoms with Crippen LogP contribution in [0.3, 0.4) is 0 Å². The number of esters is 1. The Morgan fingerprint density at radius 3 is 1.60 bits per heavy atom. The van der Waals surface area contributed by atoms with Crippen LogP contribution in [-0.4, -0.2) is 181 Å². The molecule has 18 heteroatoms. The van der Waals surface area contributed by atoms with E-state index in [-0.39, 0.29) is 38.6 Å². The summed E-state index contributed by atoms with van der Waals surface area (Å²) in [6, 6.07) is 15.7. The molecule has 4 aliphatic rings. The summed E-state index contributed by atoms with van der Waals surface area (Å²) in [6.45, 7) is 2.11. The van der Waals surface area contributed by atoms with Gasteiger partial charge in [0.1, 0.15) is 67.6 Å². The molecule has 2 aromatic rings. The van der Waals surface area contributed by atoms with E-state index in [0.717, 1.165) is 22.3 Å². The minimum absolute atomic E-state index is 0.0385. The molecule has 0 bridgehead atoms. The van der Waals surface area contributed by atoms with Crippen molar-refractivity contribution in [3.05, 3.63) is 59.7 Å². The smallest absolute Gasteiger partial charge is 0.306 e. The predicted molar refractivity (Wildman–Crippen MR) is 220 cm³/mol. The standard InChI is InChI=1S/C44H64N2O16/c1-23-33(45)36(51-4)40(55-8)43(58-23)61-35-30(22-50-3)60-44(41(56-9)38(35)53-6)62-34-29(21-49-2)59-42(39(54-7)37(34)52-5)46-31(47)18-19-32(48)57-20-28-26-16-12-10-14-24(26)25-15-11-13-17-27(25)28/h10-17,23,28-30,33-44H,18-22,45H2,1-9H3,(H,46,47)/t23?,29?,30?,33-,34+,35+,36-,37-,38-,39?,40?,41?,42?,43+,44+/m1/s1. The van der Waals surface area contributed by atoms with Crippen molar-refractivity contribution in [3.63, 3.8) is 0 Å². The molecule has 3 N–H and O–H groups in total. The summed E-state index contributed by atoms with van der Waals surface area (Å²) in [4.78, 5) is 26.4. The molecule has 0 saturated carbocycles. The molecule has 18 nitrogen and oxygen atoms in total. The summed E-state index contributed by atoms with van der Waals surface area (Å²) in [5.41, 5.74) is 10.9. The van der Waals surface area contributed by atoms with Crippen molar-refractivity contribution in [2.24, 2.45) is 5.73 Å². The number of nitrogens with two attached hydrogens (primary N) is 1. The quantitative estimate of drug-likeness (QED) is 0.183. The van der Waals surface area contributed by atoms with Gasteiger partial charge in [-0.3, -0.25) is 9.59 Å². The van der Waals surface area contributed by atoms with E-state index in [9.17, 15) is 9.59 Å². The Bertz CT molecular complexity index is 1690. The van der Waals surface area contributed by atoms with Crippen LogP contribution in [0.25, 0.3) is 11.1 Å². The van der Waals surface area contributed by atoms with E-state index in [4.69, 9.17) is 72.0 Å². The third-order valence-electron chi connectivity index (χ3n) is 12.2. The van der Waals surface area contributed by atoms with E-state index in [0.29, 0.717) is 0 Å². The molecule has 3 aliphatic heterocycles. The van der Waals surface area contributed by atoms with Crippen molar-refractivity contribution in [1.82, 2.24) is 5.32 Å². The van der Waals surface area contributed by atoms with Crippen LogP contribution in [0.15, 0.2) is 48.5 Å². The van der Waals surface area contributed by atoms with Gasteiger partial charge in [0, 0.05) is 69.2 Å². The van der Waals surface area contributed by atoms with Gasteiger partial charge in [-0.15, -0.1) is 0 Å². The Labute approximate surface area is 363 Å². The Morgan fingerprint density at radius 2 is 1.06 bits per heavy atom. The fourth-order valence-electron chi connectivity index (χ4n) is 9.10. The number of ether oxygens (including phenoxy) is 14. The van der Waals surface area contributed by atoms with E-state index < -0.39 is 104 Å². The highest BCUT2D eigenvalue weighted by Gasteiger charge is 2.55. The lowest BCUT2D eigenvalue weighted by molar-refractivity contribution is -0.374. The highest BCUT2D eigenvalue weighted by molar-refractivity contribution is 5.82. The number of methoxy groups -OCH3 is 8. The highest BCUT2D eigenvalue weighted by atomic mass is 16.8. The Kier molecular flexibility index (Phi) is 17.6. The highest BCUT2D eigenvalue weighted by Crippen LogP contribution is 2.44. The summed E-state index contributed by atoms with van der Waals surface area (Å²) in [7, 11) is 12.2. The summed E-state index contributed by atoms with van der Waals surface area (Å²) >= 11 is 0. The fourth-order valence-corrected chi connectivity index (χ4v) is 9.10. The van der Waals surface area contributed by atoms with Crippen LogP contribution in [0.1, 0.15) is 36.8 Å². The number of nitrogens with one attached hydrogen (secondary N) is 1. The molecule has 6 rings (SSSR count). The Balaban J connectivity index is 1.10. The van der Waals surface area contributed by atoms with Crippen LogP contribution in [0.2, 0.25) is 0 Å². The van der Waals surface area contributed by atoms with E-state index in [1.807, 2.05) is 31.2 Å². The monoisotopic (exact) mass is 876 g/mol. The first-order chi connectivity index (χ1) is 30.1. The molecule has 2 aromatic carbocycles. The van der Waals surface area contributed by atoms with Gasteiger partial charge in [0.25, 0.3) is 0 Å². The molecular weight excluding hydrogens is 812 g/mol. The Morgan fingerprint density at radius 1 is 0.581 bits per heavy atom. The molecular formula is C44H64N2O16. The average Bonchev–Trinajstić information content (AvgIpc) is 3.60. The first-order valence-corrected chi connectivity index (χ1v) is 20.9. The minimum atomic E-state index is -1.08. The Hall–Kier alpha value is -3.18. The largest absolute Gasteiger partial charge is 0.465 e. The first-order valence-electron chi connectivity index (χ1n) is 20.9. The molecule has 3 saturated heterocycles. The van der Waals surface area contributed by atoms with Crippen molar-refractivity contribution in [2.75, 3.05) is 76.7 Å².